The van der Waals surface area contributed by atoms with Crippen molar-refractivity contribution in [3.8, 4) is 0 Å². The van der Waals surface area contributed by atoms with E-state index in [2.05, 4.69) is 5.32 Å². The number of hydrogen-bond acceptors (Lipinski definition) is 4. The molecule has 6 nitrogen and oxygen atoms in total. The van der Waals surface area contributed by atoms with Crippen LogP contribution in [0.5, 0.6) is 0 Å². The number of carbonyl (C=O) groups is 1. The van der Waals surface area contributed by atoms with Crippen LogP contribution in [0.3, 0.4) is 0 Å². The molecular formula is C22H20N2O4S. The van der Waals surface area contributed by atoms with Crippen molar-refractivity contribution in [2.45, 2.75) is 23.7 Å². The Labute approximate surface area is 168 Å². The van der Waals surface area contributed by atoms with Gasteiger partial charge in [-0.15, -0.1) is 0 Å². The largest absolute Gasteiger partial charge is 0.467 e. The molecule has 0 aliphatic heterocycles. The topological polar surface area (TPSA) is 81.3 Å². The zero-order chi connectivity index (χ0) is 20.3. The maximum atomic E-state index is 13.1. The Kier molecular flexibility index (Phi) is 5.22. The summed E-state index contributed by atoms with van der Waals surface area (Å²) in [5.41, 5.74) is 1.42. The Bertz CT molecular complexity index is 1230. The predicted octanol–water partition coefficient (Wildman–Crippen LogP) is 3.52. The van der Waals surface area contributed by atoms with Crippen LogP contribution in [0.1, 0.15) is 11.3 Å². The summed E-state index contributed by atoms with van der Waals surface area (Å²) in [6.45, 7) is 0.298. The number of aromatic nitrogens is 1. The molecular weight excluding hydrogens is 388 g/mol. The summed E-state index contributed by atoms with van der Waals surface area (Å²) in [5.74, 6) is 0.336. The van der Waals surface area contributed by atoms with Crippen LogP contribution in [0.2, 0.25) is 0 Å². The van der Waals surface area contributed by atoms with Crippen LogP contribution >= 0.6 is 0 Å². The van der Waals surface area contributed by atoms with Gasteiger partial charge in [0.15, 0.2) is 9.84 Å². The van der Waals surface area contributed by atoms with E-state index in [0.29, 0.717) is 16.7 Å². The van der Waals surface area contributed by atoms with Crippen molar-refractivity contribution in [1.82, 2.24) is 9.88 Å². The summed E-state index contributed by atoms with van der Waals surface area (Å²) in [7, 11) is -3.57. The van der Waals surface area contributed by atoms with Crippen LogP contribution < -0.4 is 5.32 Å². The smallest absolute Gasteiger partial charge is 0.240 e. The van der Waals surface area contributed by atoms with Crippen LogP contribution in [-0.4, -0.2) is 18.9 Å². The fourth-order valence-electron chi connectivity index (χ4n) is 3.27. The zero-order valence-corrected chi connectivity index (χ0v) is 16.4. The fourth-order valence-corrected chi connectivity index (χ4v) is 4.85. The van der Waals surface area contributed by atoms with Gasteiger partial charge in [0.1, 0.15) is 12.3 Å². The minimum absolute atomic E-state index is 0.0160. The maximum Gasteiger partial charge on any atom is 0.240 e. The molecule has 148 valence electrons. The number of benzene rings is 2. The highest BCUT2D eigenvalue weighted by Crippen LogP contribution is 2.28. The number of amides is 1. The van der Waals surface area contributed by atoms with Crippen LogP contribution in [0, 0.1) is 0 Å². The lowest BCUT2D eigenvalue weighted by atomic mass is 10.2. The molecule has 1 amide bonds. The molecule has 0 bridgehead atoms. The van der Waals surface area contributed by atoms with Crippen molar-refractivity contribution in [2.24, 2.45) is 0 Å². The molecule has 0 fully saturated rings. The molecule has 2 heterocycles. The van der Waals surface area contributed by atoms with Gasteiger partial charge in [0.2, 0.25) is 5.91 Å². The van der Waals surface area contributed by atoms with E-state index in [4.69, 9.17) is 4.42 Å². The van der Waals surface area contributed by atoms with Crippen molar-refractivity contribution < 1.29 is 17.6 Å². The molecule has 0 atom stereocenters. The van der Waals surface area contributed by atoms with Gasteiger partial charge < -0.3 is 14.3 Å². The van der Waals surface area contributed by atoms with Gasteiger partial charge in [0, 0.05) is 17.1 Å². The van der Waals surface area contributed by atoms with E-state index in [9.17, 15) is 13.2 Å². The molecule has 0 spiro atoms. The van der Waals surface area contributed by atoms with Gasteiger partial charge in [-0.25, -0.2) is 8.42 Å². The van der Waals surface area contributed by atoms with Crippen molar-refractivity contribution in [3.63, 3.8) is 0 Å². The highest BCUT2D eigenvalue weighted by molar-refractivity contribution is 7.90. The predicted molar refractivity (Wildman–Crippen MR) is 110 cm³/mol. The molecule has 0 saturated heterocycles. The second-order valence-electron chi connectivity index (χ2n) is 6.74. The second kappa shape index (κ2) is 7.97. The van der Waals surface area contributed by atoms with Crippen molar-refractivity contribution >= 4 is 26.6 Å². The molecule has 0 radical (unpaired) electrons. The van der Waals surface area contributed by atoms with E-state index < -0.39 is 9.84 Å². The molecule has 0 aliphatic rings. The minimum Gasteiger partial charge on any atom is -0.467 e. The Morgan fingerprint density at radius 1 is 0.966 bits per heavy atom. The Morgan fingerprint density at radius 2 is 1.72 bits per heavy atom. The minimum atomic E-state index is -3.57. The third kappa shape index (κ3) is 4.25. The molecule has 1 N–H and O–H groups in total. The summed E-state index contributed by atoms with van der Waals surface area (Å²) in [4.78, 5) is 12.6. The first-order valence-electron chi connectivity index (χ1n) is 9.16. The summed E-state index contributed by atoms with van der Waals surface area (Å²) in [6.07, 6.45) is 3.10. The van der Waals surface area contributed by atoms with E-state index in [-0.39, 0.29) is 29.6 Å². The fraction of sp³-hybridized carbons (Fsp3) is 0.136. The SMILES string of the molecule is O=C(Cn1cc(S(=O)(=O)Cc2ccccc2)c2ccccc21)NCc1ccco1. The molecule has 4 aromatic rings. The lowest BCUT2D eigenvalue weighted by molar-refractivity contribution is -0.121. The maximum absolute atomic E-state index is 13.1. The number of para-hydroxylation sites is 1. The summed E-state index contributed by atoms with van der Waals surface area (Å²) >= 11 is 0. The lowest BCUT2D eigenvalue weighted by Crippen LogP contribution is -2.26. The van der Waals surface area contributed by atoms with Crippen molar-refractivity contribution in [3.05, 3.63) is 90.5 Å². The number of furan rings is 1. The Morgan fingerprint density at radius 3 is 2.48 bits per heavy atom. The second-order valence-corrected chi connectivity index (χ2v) is 8.70. The van der Waals surface area contributed by atoms with Crippen LogP contribution in [-0.2, 0) is 33.5 Å². The van der Waals surface area contributed by atoms with Gasteiger partial charge in [0.25, 0.3) is 0 Å². The summed E-state index contributed by atoms with van der Waals surface area (Å²) < 4.78 is 33.0. The van der Waals surface area contributed by atoms with E-state index in [0.717, 1.165) is 5.56 Å². The molecule has 0 unspecified atom stereocenters. The average molecular weight is 408 g/mol. The van der Waals surface area contributed by atoms with E-state index in [1.807, 2.05) is 30.3 Å². The number of sulfone groups is 1. The normalized spacial score (nSPS) is 11.6. The number of hydrogen-bond donors (Lipinski definition) is 1. The third-order valence-corrected chi connectivity index (χ3v) is 6.35. The molecule has 0 aliphatic carbocycles. The first-order valence-corrected chi connectivity index (χ1v) is 10.8. The lowest BCUT2D eigenvalue weighted by Gasteiger charge is -2.06. The average Bonchev–Trinajstić information content (AvgIpc) is 3.36. The zero-order valence-electron chi connectivity index (χ0n) is 15.6. The molecule has 2 aromatic carbocycles. The van der Waals surface area contributed by atoms with Crippen LogP contribution in [0.4, 0.5) is 0 Å². The first-order chi connectivity index (χ1) is 14.0. The number of fused-ring (bicyclic) bond motifs is 1. The van der Waals surface area contributed by atoms with E-state index >= 15 is 0 Å². The van der Waals surface area contributed by atoms with Gasteiger partial charge in [-0.05, 0) is 23.8 Å². The van der Waals surface area contributed by atoms with Crippen molar-refractivity contribution in [2.75, 3.05) is 0 Å². The Hall–Kier alpha value is -3.32. The number of carbonyl (C=O) groups excluding carboxylic acids is 1. The van der Waals surface area contributed by atoms with Crippen LogP contribution in [0.15, 0.2) is 88.5 Å². The monoisotopic (exact) mass is 408 g/mol. The Balaban J connectivity index is 1.60. The van der Waals surface area contributed by atoms with Gasteiger partial charge in [-0.2, -0.15) is 0 Å². The van der Waals surface area contributed by atoms with Gasteiger partial charge in [-0.1, -0.05) is 48.5 Å². The van der Waals surface area contributed by atoms with Crippen molar-refractivity contribution in [1.29, 1.82) is 0 Å². The van der Waals surface area contributed by atoms with Gasteiger partial charge >= 0.3 is 0 Å². The number of nitrogens with zero attached hydrogens (tertiary/aromatic N) is 1. The number of rotatable bonds is 7. The van der Waals surface area contributed by atoms with Crippen LogP contribution in [0.25, 0.3) is 10.9 Å². The van der Waals surface area contributed by atoms with Gasteiger partial charge in [-0.3, -0.25) is 4.79 Å². The first kappa shape index (κ1) is 19.0. The molecule has 4 rings (SSSR count). The third-order valence-electron chi connectivity index (χ3n) is 4.64. The molecule has 0 saturated carbocycles. The standard InChI is InChI=1S/C22H20N2O4S/c25-22(23-13-18-9-6-12-28-18)15-24-14-21(19-10-4-5-11-20(19)24)29(26,27)16-17-7-2-1-3-8-17/h1-12,14H,13,15-16H2,(H,23,25). The number of nitrogens with one attached hydrogen (secondary N) is 1. The summed E-state index contributed by atoms with van der Waals surface area (Å²) in [6, 6.07) is 19.8. The van der Waals surface area contributed by atoms with E-state index in [1.54, 1.807) is 53.4 Å². The van der Waals surface area contributed by atoms with E-state index in [1.165, 1.54) is 0 Å². The highest BCUT2D eigenvalue weighted by atomic mass is 32.2. The highest BCUT2D eigenvalue weighted by Gasteiger charge is 2.22. The molecule has 2 aromatic heterocycles. The molecule has 7 heteroatoms. The quantitative estimate of drug-likeness (QED) is 0.507. The molecule has 29 heavy (non-hydrogen) atoms. The van der Waals surface area contributed by atoms with Gasteiger partial charge in [0.05, 0.1) is 23.5 Å². The summed E-state index contributed by atoms with van der Waals surface area (Å²) in [5, 5.41) is 3.40.